The van der Waals surface area contributed by atoms with Gasteiger partial charge in [-0.2, -0.15) is 0 Å². The molecule has 1 aliphatic heterocycles. The first-order chi connectivity index (χ1) is 13.9. The molecule has 1 rings (SSSR count). The van der Waals surface area contributed by atoms with Gasteiger partial charge in [0, 0.05) is 6.54 Å². The van der Waals surface area contributed by atoms with Gasteiger partial charge >= 0.3 is 5.97 Å². The summed E-state index contributed by atoms with van der Waals surface area (Å²) in [5.74, 6) is -3.10. The van der Waals surface area contributed by atoms with Gasteiger partial charge in [0.05, 0.1) is 12.1 Å². The molecule has 6 N–H and O–H groups in total. The number of carbonyl (C=O) groups is 4. The molecule has 0 aromatic rings. The van der Waals surface area contributed by atoms with Gasteiger partial charge < -0.3 is 31.5 Å². The number of nitrogens with one attached hydrogen (secondary N) is 2. The molecule has 0 bridgehead atoms. The number of nitrogens with two attached hydrogens (primary N) is 1. The van der Waals surface area contributed by atoms with Gasteiger partial charge in [0.1, 0.15) is 12.1 Å². The number of carboxylic acids is 1. The number of hydrogen-bond acceptors (Lipinski definition) is 6. The third-order valence-corrected chi connectivity index (χ3v) is 5.68. The molecule has 0 saturated carbocycles. The molecular formula is C20H36N4O6. The van der Waals surface area contributed by atoms with Crippen LogP contribution in [0.5, 0.6) is 0 Å². The summed E-state index contributed by atoms with van der Waals surface area (Å²) in [6.45, 7) is 8.94. The smallest absolute Gasteiger partial charge is 0.328 e. The second kappa shape index (κ2) is 11.3. The van der Waals surface area contributed by atoms with Crippen LogP contribution in [0.25, 0.3) is 0 Å². The number of carboxylic acid groups (broad SMARTS) is 1. The zero-order valence-corrected chi connectivity index (χ0v) is 18.4. The third kappa shape index (κ3) is 6.40. The summed E-state index contributed by atoms with van der Waals surface area (Å²) < 4.78 is 0. The van der Waals surface area contributed by atoms with Gasteiger partial charge in [0.15, 0.2) is 6.04 Å². The van der Waals surface area contributed by atoms with Crippen LogP contribution in [0.4, 0.5) is 0 Å². The van der Waals surface area contributed by atoms with E-state index < -0.39 is 54.0 Å². The normalized spacial score (nSPS) is 21.5. The highest BCUT2D eigenvalue weighted by Crippen LogP contribution is 2.22. The van der Waals surface area contributed by atoms with Crippen molar-refractivity contribution in [3.05, 3.63) is 0 Å². The summed E-state index contributed by atoms with van der Waals surface area (Å²) in [5.41, 5.74) is 5.91. The lowest BCUT2D eigenvalue weighted by molar-refractivity contribution is -0.147. The Morgan fingerprint density at radius 3 is 2.17 bits per heavy atom. The van der Waals surface area contributed by atoms with Gasteiger partial charge in [-0.05, 0) is 31.6 Å². The standard InChI is InChI=1S/C20H36N4O6/c1-6-11(4)15(22-18(27)14(21)10(2)3)19(28)24-9-7-8-13(24)17(26)23-16(12(5)25)20(29)30/h10-16,25H,6-9,21H2,1-5H3,(H,22,27)(H,23,26)(H,29,30). The average Bonchev–Trinajstić information content (AvgIpc) is 3.17. The molecule has 30 heavy (non-hydrogen) atoms. The predicted molar refractivity (Wildman–Crippen MR) is 110 cm³/mol. The highest BCUT2D eigenvalue weighted by molar-refractivity contribution is 5.94. The summed E-state index contributed by atoms with van der Waals surface area (Å²) in [4.78, 5) is 51.1. The number of amides is 3. The second-order valence-corrected chi connectivity index (χ2v) is 8.40. The summed E-state index contributed by atoms with van der Waals surface area (Å²) >= 11 is 0. The molecule has 6 atom stereocenters. The van der Waals surface area contributed by atoms with E-state index in [9.17, 15) is 29.4 Å². The largest absolute Gasteiger partial charge is 0.480 e. The Hall–Kier alpha value is -2.20. The van der Waals surface area contributed by atoms with Crippen molar-refractivity contribution >= 4 is 23.7 Å². The Morgan fingerprint density at radius 1 is 1.10 bits per heavy atom. The minimum absolute atomic E-state index is 0.101. The molecule has 6 unspecified atom stereocenters. The number of aliphatic hydroxyl groups excluding tert-OH is 1. The van der Waals surface area contributed by atoms with Crippen molar-refractivity contribution in [3.63, 3.8) is 0 Å². The number of aliphatic hydroxyl groups is 1. The Kier molecular flexibility index (Phi) is 9.70. The summed E-state index contributed by atoms with van der Waals surface area (Å²) in [7, 11) is 0. The molecule has 1 aliphatic rings. The maximum absolute atomic E-state index is 13.3. The zero-order chi connectivity index (χ0) is 23.2. The predicted octanol–water partition coefficient (Wildman–Crippen LogP) is -0.558. The summed E-state index contributed by atoms with van der Waals surface area (Å²) in [6.07, 6.45) is 0.280. The van der Waals surface area contributed by atoms with Crippen molar-refractivity contribution in [3.8, 4) is 0 Å². The van der Waals surface area contributed by atoms with Crippen molar-refractivity contribution in [2.45, 2.75) is 84.2 Å². The lowest BCUT2D eigenvalue weighted by atomic mass is 9.96. The molecule has 1 heterocycles. The fraction of sp³-hybridized carbons (Fsp3) is 0.800. The van der Waals surface area contributed by atoms with Gasteiger partial charge in [-0.3, -0.25) is 14.4 Å². The van der Waals surface area contributed by atoms with Gasteiger partial charge in [0.2, 0.25) is 17.7 Å². The molecule has 1 saturated heterocycles. The van der Waals surface area contributed by atoms with Crippen molar-refractivity contribution in [2.75, 3.05) is 6.54 Å². The van der Waals surface area contributed by atoms with E-state index in [4.69, 9.17) is 5.73 Å². The van der Waals surface area contributed by atoms with Crippen LogP contribution in [0.1, 0.15) is 53.9 Å². The van der Waals surface area contributed by atoms with Crippen LogP contribution in [-0.4, -0.2) is 75.6 Å². The van der Waals surface area contributed by atoms with E-state index in [2.05, 4.69) is 10.6 Å². The van der Waals surface area contributed by atoms with Crippen LogP contribution < -0.4 is 16.4 Å². The van der Waals surface area contributed by atoms with Crippen LogP contribution in [0.15, 0.2) is 0 Å². The summed E-state index contributed by atoms with van der Waals surface area (Å²) in [6, 6.07) is -3.93. The monoisotopic (exact) mass is 428 g/mol. The number of likely N-dealkylation sites (tertiary alicyclic amines) is 1. The van der Waals surface area contributed by atoms with Crippen LogP contribution in [-0.2, 0) is 19.2 Å². The Morgan fingerprint density at radius 2 is 1.70 bits per heavy atom. The van der Waals surface area contributed by atoms with E-state index in [-0.39, 0.29) is 11.8 Å². The Labute approximate surface area is 177 Å². The van der Waals surface area contributed by atoms with E-state index in [1.165, 1.54) is 11.8 Å². The SMILES string of the molecule is CCC(C)C(NC(=O)C(N)C(C)C)C(=O)N1CCCC1C(=O)NC(C(=O)O)C(C)O. The molecule has 0 aromatic heterocycles. The van der Waals surface area contributed by atoms with Gasteiger partial charge in [0.25, 0.3) is 0 Å². The summed E-state index contributed by atoms with van der Waals surface area (Å²) in [5, 5.41) is 23.8. The molecule has 0 aliphatic carbocycles. The van der Waals surface area contributed by atoms with Crippen molar-refractivity contribution in [2.24, 2.45) is 17.6 Å². The van der Waals surface area contributed by atoms with Crippen LogP contribution in [0, 0.1) is 11.8 Å². The molecule has 172 valence electrons. The first-order valence-corrected chi connectivity index (χ1v) is 10.5. The van der Waals surface area contributed by atoms with Crippen molar-refractivity contribution in [1.29, 1.82) is 0 Å². The topological polar surface area (TPSA) is 162 Å². The van der Waals surface area contributed by atoms with E-state index in [1.807, 2.05) is 27.7 Å². The van der Waals surface area contributed by atoms with Crippen LogP contribution in [0.3, 0.4) is 0 Å². The first-order valence-electron chi connectivity index (χ1n) is 10.5. The van der Waals surface area contributed by atoms with E-state index >= 15 is 0 Å². The fourth-order valence-corrected chi connectivity index (χ4v) is 3.36. The number of nitrogens with zero attached hydrogens (tertiary/aromatic N) is 1. The number of carbonyl (C=O) groups excluding carboxylic acids is 3. The average molecular weight is 429 g/mol. The molecule has 10 heteroatoms. The minimum Gasteiger partial charge on any atom is -0.480 e. The van der Waals surface area contributed by atoms with Gasteiger partial charge in [-0.1, -0.05) is 34.1 Å². The third-order valence-electron chi connectivity index (χ3n) is 5.68. The number of rotatable bonds is 10. The second-order valence-electron chi connectivity index (χ2n) is 8.40. The minimum atomic E-state index is -1.47. The molecule has 3 amide bonds. The van der Waals surface area contributed by atoms with E-state index in [0.717, 1.165) is 0 Å². The van der Waals surface area contributed by atoms with Crippen molar-refractivity contribution < 1.29 is 29.4 Å². The van der Waals surface area contributed by atoms with Gasteiger partial charge in [-0.15, -0.1) is 0 Å². The highest BCUT2D eigenvalue weighted by Gasteiger charge is 2.41. The highest BCUT2D eigenvalue weighted by atomic mass is 16.4. The lowest BCUT2D eigenvalue weighted by Gasteiger charge is -2.32. The first kappa shape index (κ1) is 25.8. The fourth-order valence-electron chi connectivity index (χ4n) is 3.36. The molecular weight excluding hydrogens is 392 g/mol. The molecule has 0 aromatic carbocycles. The number of hydrogen-bond donors (Lipinski definition) is 5. The molecule has 0 spiro atoms. The maximum atomic E-state index is 13.3. The van der Waals surface area contributed by atoms with Crippen LogP contribution >= 0.6 is 0 Å². The van der Waals surface area contributed by atoms with E-state index in [0.29, 0.717) is 25.8 Å². The van der Waals surface area contributed by atoms with Crippen LogP contribution in [0.2, 0.25) is 0 Å². The number of aliphatic carboxylic acids is 1. The maximum Gasteiger partial charge on any atom is 0.328 e. The molecule has 1 fully saturated rings. The Balaban J connectivity index is 3.00. The molecule has 0 radical (unpaired) electrons. The molecule has 10 nitrogen and oxygen atoms in total. The lowest BCUT2D eigenvalue weighted by Crippen LogP contribution is -2.59. The van der Waals surface area contributed by atoms with E-state index in [1.54, 1.807) is 0 Å². The van der Waals surface area contributed by atoms with Gasteiger partial charge in [-0.25, -0.2) is 4.79 Å². The quantitative estimate of drug-likeness (QED) is 0.311. The zero-order valence-electron chi connectivity index (χ0n) is 18.4. The Bertz CT molecular complexity index is 639. The van der Waals surface area contributed by atoms with Crippen molar-refractivity contribution in [1.82, 2.24) is 15.5 Å².